The standard InChI is InChI=1S/C21H24N2O3/c24-21(15-23-11-4-8-18(23)16-6-2-1-3-7-16)22-17-9-10-19-20(14-17)26-13-5-12-25-19/h1-3,6-7,9-10,14,18H,4-5,8,11-13,15H2,(H,22,24)/t18-/m0/s1. The average molecular weight is 352 g/mol. The maximum Gasteiger partial charge on any atom is 0.238 e. The van der Waals surface area contributed by atoms with Gasteiger partial charge in [0.15, 0.2) is 11.5 Å². The molecule has 0 radical (unpaired) electrons. The number of anilines is 1. The number of hydrogen-bond acceptors (Lipinski definition) is 4. The molecule has 1 fully saturated rings. The molecular weight excluding hydrogens is 328 g/mol. The molecule has 1 amide bonds. The largest absolute Gasteiger partial charge is 0.490 e. The minimum Gasteiger partial charge on any atom is -0.490 e. The normalized spacial score (nSPS) is 19.8. The third kappa shape index (κ3) is 3.83. The van der Waals surface area contributed by atoms with Crippen molar-refractivity contribution in [2.75, 3.05) is 31.6 Å². The highest BCUT2D eigenvalue weighted by atomic mass is 16.5. The van der Waals surface area contributed by atoms with Crippen molar-refractivity contribution in [3.05, 3.63) is 54.1 Å². The number of rotatable bonds is 4. The summed E-state index contributed by atoms with van der Waals surface area (Å²) in [6.45, 7) is 2.65. The highest BCUT2D eigenvalue weighted by Gasteiger charge is 2.27. The summed E-state index contributed by atoms with van der Waals surface area (Å²) in [5, 5.41) is 3.00. The van der Waals surface area contributed by atoms with E-state index in [2.05, 4.69) is 34.5 Å². The van der Waals surface area contributed by atoms with Gasteiger partial charge in [-0.2, -0.15) is 0 Å². The summed E-state index contributed by atoms with van der Waals surface area (Å²) >= 11 is 0. The predicted molar refractivity (Wildman–Crippen MR) is 101 cm³/mol. The summed E-state index contributed by atoms with van der Waals surface area (Å²) in [5.41, 5.74) is 2.03. The van der Waals surface area contributed by atoms with Crippen LogP contribution in [0.15, 0.2) is 48.5 Å². The third-order valence-electron chi connectivity index (χ3n) is 4.93. The van der Waals surface area contributed by atoms with Crippen LogP contribution in [0.5, 0.6) is 11.5 Å². The van der Waals surface area contributed by atoms with Gasteiger partial charge in [0.1, 0.15) is 0 Å². The van der Waals surface area contributed by atoms with E-state index < -0.39 is 0 Å². The van der Waals surface area contributed by atoms with Crippen molar-refractivity contribution in [3.8, 4) is 11.5 Å². The summed E-state index contributed by atoms with van der Waals surface area (Å²) in [7, 11) is 0. The SMILES string of the molecule is O=C(CN1CCC[C@H]1c1ccccc1)Nc1ccc2c(c1)OCCCO2. The van der Waals surface area contributed by atoms with Gasteiger partial charge in [-0.3, -0.25) is 9.69 Å². The molecule has 0 aromatic heterocycles. The van der Waals surface area contributed by atoms with Crippen LogP contribution in [-0.4, -0.2) is 37.1 Å². The molecule has 1 saturated heterocycles. The number of carbonyl (C=O) groups is 1. The summed E-state index contributed by atoms with van der Waals surface area (Å²) in [6.07, 6.45) is 3.09. The van der Waals surface area contributed by atoms with Crippen molar-refractivity contribution in [1.29, 1.82) is 0 Å². The summed E-state index contributed by atoms with van der Waals surface area (Å²) in [5.74, 6) is 1.44. The Balaban J connectivity index is 1.40. The molecule has 0 unspecified atom stereocenters. The van der Waals surface area contributed by atoms with Gasteiger partial charge in [-0.05, 0) is 37.1 Å². The first kappa shape index (κ1) is 16.9. The summed E-state index contributed by atoms with van der Waals surface area (Å²) in [6, 6.07) is 16.3. The Kier molecular flexibility index (Phi) is 5.07. The van der Waals surface area contributed by atoms with Crippen molar-refractivity contribution in [3.63, 3.8) is 0 Å². The third-order valence-corrected chi connectivity index (χ3v) is 4.93. The molecule has 0 spiro atoms. The van der Waals surface area contributed by atoms with Crippen molar-refractivity contribution >= 4 is 11.6 Å². The van der Waals surface area contributed by atoms with Gasteiger partial charge in [-0.15, -0.1) is 0 Å². The second-order valence-electron chi connectivity index (χ2n) is 6.80. The lowest BCUT2D eigenvalue weighted by Gasteiger charge is -2.24. The van der Waals surface area contributed by atoms with E-state index in [1.54, 1.807) is 0 Å². The van der Waals surface area contributed by atoms with E-state index in [4.69, 9.17) is 9.47 Å². The fourth-order valence-corrected chi connectivity index (χ4v) is 3.69. The molecular formula is C21H24N2O3. The van der Waals surface area contributed by atoms with Crippen molar-refractivity contribution in [1.82, 2.24) is 4.90 Å². The minimum atomic E-state index is 0.00215. The van der Waals surface area contributed by atoms with Crippen LogP contribution in [0.1, 0.15) is 30.9 Å². The van der Waals surface area contributed by atoms with Gasteiger partial charge in [0, 0.05) is 24.2 Å². The van der Waals surface area contributed by atoms with E-state index in [1.165, 1.54) is 5.56 Å². The zero-order valence-electron chi connectivity index (χ0n) is 14.8. The Bertz CT molecular complexity index is 763. The molecule has 26 heavy (non-hydrogen) atoms. The van der Waals surface area contributed by atoms with Crippen LogP contribution in [0.4, 0.5) is 5.69 Å². The quantitative estimate of drug-likeness (QED) is 0.913. The molecule has 2 aromatic carbocycles. The zero-order valence-corrected chi connectivity index (χ0v) is 14.8. The van der Waals surface area contributed by atoms with Gasteiger partial charge in [0.05, 0.1) is 19.8 Å². The topological polar surface area (TPSA) is 50.8 Å². The number of hydrogen-bond donors (Lipinski definition) is 1. The minimum absolute atomic E-state index is 0.00215. The van der Waals surface area contributed by atoms with Crippen LogP contribution in [0, 0.1) is 0 Å². The van der Waals surface area contributed by atoms with Gasteiger partial charge in [-0.1, -0.05) is 30.3 Å². The van der Waals surface area contributed by atoms with E-state index in [0.29, 0.717) is 31.5 Å². The molecule has 5 nitrogen and oxygen atoms in total. The van der Waals surface area contributed by atoms with E-state index >= 15 is 0 Å². The van der Waals surface area contributed by atoms with Crippen LogP contribution < -0.4 is 14.8 Å². The molecule has 2 aliphatic rings. The van der Waals surface area contributed by atoms with Crippen molar-refractivity contribution in [2.45, 2.75) is 25.3 Å². The number of likely N-dealkylation sites (tertiary alicyclic amines) is 1. The number of amides is 1. The molecule has 1 N–H and O–H groups in total. The molecule has 0 bridgehead atoms. The number of fused-ring (bicyclic) bond motifs is 1. The van der Waals surface area contributed by atoms with E-state index in [-0.39, 0.29) is 5.91 Å². The van der Waals surface area contributed by atoms with Crippen LogP contribution in [0.2, 0.25) is 0 Å². The Labute approximate surface area is 153 Å². The molecule has 2 aliphatic heterocycles. The van der Waals surface area contributed by atoms with E-state index in [9.17, 15) is 4.79 Å². The molecule has 1 atom stereocenters. The average Bonchev–Trinajstić information content (AvgIpc) is 2.98. The number of nitrogens with zero attached hydrogens (tertiary/aromatic N) is 1. The van der Waals surface area contributed by atoms with E-state index in [0.717, 1.165) is 37.2 Å². The van der Waals surface area contributed by atoms with Crippen LogP contribution in [0.3, 0.4) is 0 Å². The first-order chi connectivity index (χ1) is 12.8. The van der Waals surface area contributed by atoms with Crippen LogP contribution >= 0.6 is 0 Å². The number of benzene rings is 2. The van der Waals surface area contributed by atoms with Gasteiger partial charge in [0.25, 0.3) is 0 Å². The van der Waals surface area contributed by atoms with E-state index in [1.807, 2.05) is 24.3 Å². The Hall–Kier alpha value is -2.53. The number of ether oxygens (including phenoxy) is 2. The molecule has 5 heteroatoms. The van der Waals surface area contributed by atoms with Crippen molar-refractivity contribution in [2.24, 2.45) is 0 Å². The summed E-state index contributed by atoms with van der Waals surface area (Å²) < 4.78 is 11.3. The maximum atomic E-state index is 12.6. The van der Waals surface area contributed by atoms with Gasteiger partial charge in [0.2, 0.25) is 5.91 Å². The Morgan fingerprint density at radius 3 is 2.69 bits per heavy atom. The molecule has 2 heterocycles. The fraction of sp³-hybridized carbons (Fsp3) is 0.381. The maximum absolute atomic E-state index is 12.6. The smallest absolute Gasteiger partial charge is 0.238 e. The first-order valence-corrected chi connectivity index (χ1v) is 9.28. The highest BCUT2D eigenvalue weighted by molar-refractivity contribution is 5.92. The lowest BCUT2D eigenvalue weighted by atomic mass is 10.0. The first-order valence-electron chi connectivity index (χ1n) is 9.28. The molecule has 4 rings (SSSR count). The van der Waals surface area contributed by atoms with Gasteiger partial charge >= 0.3 is 0 Å². The summed E-state index contributed by atoms with van der Waals surface area (Å²) in [4.78, 5) is 14.8. The highest BCUT2D eigenvalue weighted by Crippen LogP contribution is 2.33. The molecule has 136 valence electrons. The second-order valence-corrected chi connectivity index (χ2v) is 6.80. The lowest BCUT2D eigenvalue weighted by molar-refractivity contribution is -0.117. The zero-order chi connectivity index (χ0) is 17.8. The molecule has 0 aliphatic carbocycles. The van der Waals surface area contributed by atoms with Crippen LogP contribution in [0.25, 0.3) is 0 Å². The van der Waals surface area contributed by atoms with Gasteiger partial charge in [-0.25, -0.2) is 0 Å². The number of nitrogens with one attached hydrogen (secondary N) is 1. The second kappa shape index (κ2) is 7.79. The van der Waals surface area contributed by atoms with Gasteiger partial charge < -0.3 is 14.8 Å². The van der Waals surface area contributed by atoms with Crippen LogP contribution in [-0.2, 0) is 4.79 Å². The Morgan fingerprint density at radius 1 is 1.04 bits per heavy atom. The lowest BCUT2D eigenvalue weighted by Crippen LogP contribution is -2.32. The predicted octanol–water partition coefficient (Wildman–Crippen LogP) is 3.62. The van der Waals surface area contributed by atoms with Crippen molar-refractivity contribution < 1.29 is 14.3 Å². The Morgan fingerprint density at radius 2 is 1.85 bits per heavy atom. The fourth-order valence-electron chi connectivity index (χ4n) is 3.69. The monoisotopic (exact) mass is 352 g/mol. The molecule has 2 aromatic rings. The number of carbonyl (C=O) groups excluding carboxylic acids is 1. The molecule has 0 saturated carbocycles.